The highest BCUT2D eigenvalue weighted by atomic mass is 16.1. The van der Waals surface area contributed by atoms with Gasteiger partial charge in [-0.15, -0.1) is 0 Å². The van der Waals surface area contributed by atoms with Crippen molar-refractivity contribution in [2.75, 3.05) is 6.54 Å². The Kier molecular flexibility index (Phi) is 5.40. The molecule has 0 atom stereocenters. The smallest absolute Gasteiger partial charge is 0.258 e. The summed E-state index contributed by atoms with van der Waals surface area (Å²) in [6.45, 7) is 6.85. The summed E-state index contributed by atoms with van der Waals surface area (Å²) in [5, 5.41) is 3.56. The van der Waals surface area contributed by atoms with Gasteiger partial charge in [-0.25, -0.2) is 4.98 Å². The SMILES string of the molecule is Cc1cccc(C(C)(C)CNC(=O)CCc2nc3ccccc3c(=O)[nH]2)c1. The highest BCUT2D eigenvalue weighted by molar-refractivity contribution is 5.78. The lowest BCUT2D eigenvalue weighted by Crippen LogP contribution is -2.36. The molecule has 3 rings (SSSR count). The summed E-state index contributed by atoms with van der Waals surface area (Å²) in [7, 11) is 0. The van der Waals surface area contributed by atoms with Crippen LogP contribution in [0.25, 0.3) is 10.9 Å². The molecule has 1 heterocycles. The molecule has 0 fully saturated rings. The predicted octanol–water partition coefficient (Wildman–Crippen LogP) is 3.26. The number of para-hydroxylation sites is 1. The normalized spacial score (nSPS) is 11.5. The van der Waals surface area contributed by atoms with E-state index in [1.165, 1.54) is 11.1 Å². The molecular weight excluding hydrogens is 338 g/mol. The minimum Gasteiger partial charge on any atom is -0.355 e. The number of nitrogens with zero attached hydrogens (tertiary/aromatic N) is 1. The quantitative estimate of drug-likeness (QED) is 0.706. The summed E-state index contributed by atoms with van der Waals surface area (Å²) < 4.78 is 0. The number of hydrogen-bond donors (Lipinski definition) is 2. The number of H-pyrrole nitrogens is 1. The third-order valence-corrected chi connectivity index (χ3v) is 4.78. The summed E-state index contributed by atoms with van der Waals surface area (Å²) in [6, 6.07) is 15.5. The Morgan fingerprint density at radius 1 is 1.15 bits per heavy atom. The van der Waals surface area contributed by atoms with Gasteiger partial charge in [0.2, 0.25) is 5.91 Å². The number of nitrogens with one attached hydrogen (secondary N) is 2. The van der Waals surface area contributed by atoms with Crippen LogP contribution in [0.15, 0.2) is 53.3 Å². The predicted molar refractivity (Wildman–Crippen MR) is 108 cm³/mol. The van der Waals surface area contributed by atoms with Crippen LogP contribution in [0.3, 0.4) is 0 Å². The lowest BCUT2D eigenvalue weighted by molar-refractivity contribution is -0.121. The highest BCUT2D eigenvalue weighted by Gasteiger charge is 2.21. The molecule has 5 nitrogen and oxygen atoms in total. The number of aromatic nitrogens is 2. The standard InChI is InChI=1S/C22H25N3O2/c1-15-7-6-8-16(13-15)22(2,3)14-23-20(26)12-11-19-24-18-10-5-4-9-17(18)21(27)25-19/h4-10,13H,11-12,14H2,1-3H3,(H,23,26)(H,24,25,27). The fourth-order valence-corrected chi connectivity index (χ4v) is 3.06. The summed E-state index contributed by atoms with van der Waals surface area (Å²) in [5.74, 6) is 0.485. The van der Waals surface area contributed by atoms with Crippen LogP contribution < -0.4 is 10.9 Å². The molecule has 0 radical (unpaired) electrons. The monoisotopic (exact) mass is 363 g/mol. The van der Waals surface area contributed by atoms with Crippen LogP contribution in [0.5, 0.6) is 0 Å². The van der Waals surface area contributed by atoms with Gasteiger partial charge < -0.3 is 10.3 Å². The Morgan fingerprint density at radius 3 is 2.70 bits per heavy atom. The average molecular weight is 363 g/mol. The molecule has 0 aliphatic carbocycles. The molecule has 0 saturated carbocycles. The van der Waals surface area contributed by atoms with Crippen LogP contribution in [-0.4, -0.2) is 22.4 Å². The van der Waals surface area contributed by atoms with Gasteiger partial charge in [0, 0.05) is 24.8 Å². The first-order chi connectivity index (χ1) is 12.8. The molecule has 2 N–H and O–H groups in total. The van der Waals surface area contributed by atoms with E-state index in [2.05, 4.69) is 54.3 Å². The van der Waals surface area contributed by atoms with E-state index >= 15 is 0 Å². The number of fused-ring (bicyclic) bond motifs is 1. The van der Waals surface area contributed by atoms with Gasteiger partial charge in [-0.1, -0.05) is 55.8 Å². The Morgan fingerprint density at radius 2 is 1.93 bits per heavy atom. The van der Waals surface area contributed by atoms with E-state index in [0.717, 1.165) is 0 Å². The maximum absolute atomic E-state index is 12.3. The Balaban J connectivity index is 1.59. The van der Waals surface area contributed by atoms with Crippen LogP contribution in [0, 0.1) is 6.92 Å². The number of carbonyl (C=O) groups is 1. The van der Waals surface area contributed by atoms with Gasteiger partial charge in [-0.05, 0) is 24.6 Å². The number of carbonyl (C=O) groups excluding carboxylic acids is 1. The Bertz CT molecular complexity index is 1020. The molecule has 0 bridgehead atoms. The molecule has 27 heavy (non-hydrogen) atoms. The molecule has 1 amide bonds. The molecule has 2 aromatic carbocycles. The largest absolute Gasteiger partial charge is 0.355 e. The van der Waals surface area contributed by atoms with Crippen LogP contribution in [0.2, 0.25) is 0 Å². The van der Waals surface area contributed by atoms with E-state index in [9.17, 15) is 9.59 Å². The zero-order valence-electron chi connectivity index (χ0n) is 16.0. The van der Waals surface area contributed by atoms with E-state index in [1.54, 1.807) is 12.1 Å². The van der Waals surface area contributed by atoms with Gasteiger partial charge in [0.25, 0.3) is 5.56 Å². The van der Waals surface area contributed by atoms with Gasteiger partial charge >= 0.3 is 0 Å². The van der Waals surface area contributed by atoms with Crippen LogP contribution >= 0.6 is 0 Å². The zero-order valence-corrected chi connectivity index (χ0v) is 16.0. The van der Waals surface area contributed by atoms with Gasteiger partial charge in [-0.2, -0.15) is 0 Å². The highest BCUT2D eigenvalue weighted by Crippen LogP contribution is 2.23. The van der Waals surface area contributed by atoms with E-state index in [0.29, 0.717) is 29.7 Å². The number of amides is 1. The van der Waals surface area contributed by atoms with Gasteiger partial charge in [0.1, 0.15) is 5.82 Å². The van der Waals surface area contributed by atoms with E-state index in [1.807, 2.05) is 18.2 Å². The maximum atomic E-state index is 12.3. The number of rotatable bonds is 6. The summed E-state index contributed by atoms with van der Waals surface area (Å²) in [5.41, 5.74) is 2.73. The van der Waals surface area contributed by atoms with E-state index in [4.69, 9.17) is 0 Å². The molecule has 140 valence electrons. The van der Waals surface area contributed by atoms with Crippen molar-refractivity contribution in [3.05, 3.63) is 75.8 Å². The second-order valence-electron chi connectivity index (χ2n) is 7.56. The third-order valence-electron chi connectivity index (χ3n) is 4.78. The molecule has 0 aliphatic rings. The average Bonchev–Trinajstić information content (AvgIpc) is 2.65. The molecule has 3 aromatic rings. The fraction of sp³-hybridized carbons (Fsp3) is 0.318. The van der Waals surface area contributed by atoms with Crippen molar-refractivity contribution in [1.29, 1.82) is 0 Å². The number of aromatic amines is 1. The van der Waals surface area contributed by atoms with Gasteiger partial charge in [0.15, 0.2) is 0 Å². The van der Waals surface area contributed by atoms with Gasteiger partial charge in [0.05, 0.1) is 10.9 Å². The first-order valence-electron chi connectivity index (χ1n) is 9.17. The molecule has 5 heteroatoms. The topological polar surface area (TPSA) is 74.8 Å². The second-order valence-corrected chi connectivity index (χ2v) is 7.56. The van der Waals surface area contributed by atoms with Crippen LogP contribution in [-0.2, 0) is 16.6 Å². The maximum Gasteiger partial charge on any atom is 0.258 e. The van der Waals surface area contributed by atoms with Crippen LogP contribution in [0.4, 0.5) is 0 Å². The number of hydrogen-bond acceptors (Lipinski definition) is 3. The van der Waals surface area contributed by atoms with E-state index in [-0.39, 0.29) is 23.3 Å². The number of benzene rings is 2. The lowest BCUT2D eigenvalue weighted by Gasteiger charge is -2.26. The summed E-state index contributed by atoms with van der Waals surface area (Å²) in [6.07, 6.45) is 0.682. The molecule has 0 spiro atoms. The van der Waals surface area contributed by atoms with Crippen molar-refractivity contribution >= 4 is 16.8 Å². The molecule has 1 aromatic heterocycles. The van der Waals surface area contributed by atoms with Crippen molar-refractivity contribution in [1.82, 2.24) is 15.3 Å². The van der Waals surface area contributed by atoms with Crippen molar-refractivity contribution in [3.8, 4) is 0 Å². The van der Waals surface area contributed by atoms with Crippen molar-refractivity contribution in [3.63, 3.8) is 0 Å². The first kappa shape index (κ1) is 18.8. The van der Waals surface area contributed by atoms with Crippen LogP contribution in [0.1, 0.15) is 37.2 Å². The fourth-order valence-electron chi connectivity index (χ4n) is 3.06. The minimum absolute atomic E-state index is 0.0495. The zero-order chi connectivity index (χ0) is 19.4. The summed E-state index contributed by atoms with van der Waals surface area (Å²) >= 11 is 0. The lowest BCUT2D eigenvalue weighted by atomic mass is 9.84. The van der Waals surface area contributed by atoms with Crippen molar-refractivity contribution < 1.29 is 4.79 Å². The molecule has 0 aliphatic heterocycles. The Labute approximate surface area is 158 Å². The minimum atomic E-state index is -0.170. The van der Waals surface area contributed by atoms with Crippen molar-refractivity contribution in [2.24, 2.45) is 0 Å². The van der Waals surface area contributed by atoms with E-state index < -0.39 is 0 Å². The second kappa shape index (κ2) is 7.74. The third kappa shape index (κ3) is 4.61. The van der Waals surface area contributed by atoms with Gasteiger partial charge in [-0.3, -0.25) is 9.59 Å². The molecular formula is C22H25N3O2. The molecule has 0 saturated heterocycles. The number of aryl methyl sites for hydroxylation is 2. The Hall–Kier alpha value is -2.95. The van der Waals surface area contributed by atoms with Crippen molar-refractivity contribution in [2.45, 2.75) is 39.0 Å². The first-order valence-corrected chi connectivity index (χ1v) is 9.17. The summed E-state index contributed by atoms with van der Waals surface area (Å²) in [4.78, 5) is 31.6. The molecule has 0 unspecified atom stereocenters.